The number of rotatable bonds is 8. The van der Waals surface area contributed by atoms with E-state index in [1.165, 1.54) is 7.11 Å². The number of hydrogen-bond acceptors (Lipinski definition) is 4. The summed E-state index contributed by atoms with van der Waals surface area (Å²) in [6, 6.07) is 0. The normalized spacial score (nSPS) is 12.2. The monoisotopic (exact) mass is 248 g/mol. The Bertz CT molecular complexity index is 236. The van der Waals surface area contributed by atoms with Gasteiger partial charge in [0.1, 0.15) is 6.10 Å². The van der Waals surface area contributed by atoms with Crippen molar-refractivity contribution in [1.29, 1.82) is 0 Å². The number of carbonyl (C=O) groups excluding carboxylic acids is 1. The van der Waals surface area contributed by atoms with E-state index in [-0.39, 0.29) is 5.91 Å². The van der Waals surface area contributed by atoms with E-state index in [2.05, 4.69) is 0 Å². The molecule has 0 aromatic rings. The largest absolute Gasteiger partial charge is 0.393 e. The Morgan fingerprint density at radius 1 is 1.44 bits per heavy atom. The van der Waals surface area contributed by atoms with Gasteiger partial charge in [-0.25, -0.2) is 0 Å². The van der Waals surface area contributed by atoms with Gasteiger partial charge in [-0.15, -0.1) is 0 Å². The molecule has 1 unspecified atom stereocenters. The fourth-order valence-electron chi connectivity index (χ4n) is 1.14. The third kappa shape index (κ3) is 5.99. The zero-order valence-electron chi connectivity index (χ0n) is 10.1. The number of nitrogens with two attached hydrogens (primary N) is 1. The Labute approximate surface area is 102 Å². The molecule has 1 amide bonds. The van der Waals surface area contributed by atoms with Crippen LogP contribution in [0.4, 0.5) is 0 Å². The third-order valence-corrected chi connectivity index (χ3v) is 2.41. The van der Waals surface area contributed by atoms with Crippen LogP contribution in [0.3, 0.4) is 0 Å². The van der Waals surface area contributed by atoms with Crippen molar-refractivity contribution in [3.05, 3.63) is 0 Å². The van der Waals surface area contributed by atoms with Gasteiger partial charge in [-0.1, -0.05) is 12.2 Å². The van der Waals surface area contributed by atoms with E-state index in [0.717, 1.165) is 0 Å². The van der Waals surface area contributed by atoms with E-state index in [9.17, 15) is 4.79 Å². The second-order valence-corrected chi connectivity index (χ2v) is 3.94. The fraction of sp³-hybridized carbons (Fsp3) is 0.800. The van der Waals surface area contributed by atoms with E-state index in [4.69, 9.17) is 27.4 Å². The second-order valence-electron chi connectivity index (χ2n) is 3.41. The molecule has 6 heteroatoms. The molecular weight excluding hydrogens is 228 g/mol. The van der Waals surface area contributed by atoms with Gasteiger partial charge in [0.15, 0.2) is 0 Å². The number of carbonyl (C=O) groups is 1. The van der Waals surface area contributed by atoms with Crippen molar-refractivity contribution in [2.45, 2.75) is 19.4 Å². The molecule has 94 valence electrons. The van der Waals surface area contributed by atoms with E-state index in [0.29, 0.717) is 31.1 Å². The maximum Gasteiger partial charge on any atom is 0.251 e. The summed E-state index contributed by atoms with van der Waals surface area (Å²) in [6.07, 6.45) is 0.0597. The highest BCUT2D eigenvalue weighted by atomic mass is 32.1. The van der Waals surface area contributed by atoms with Gasteiger partial charge >= 0.3 is 0 Å². The quantitative estimate of drug-likeness (QED) is 0.620. The highest BCUT2D eigenvalue weighted by molar-refractivity contribution is 7.80. The standard InChI is InChI=1S/C10H20N2O3S/c1-8(15-3)10(13)12(6-7-14-2)5-4-9(11)16/h8H,4-7H2,1-3H3,(H2,11,16). The molecule has 0 rings (SSSR count). The summed E-state index contributed by atoms with van der Waals surface area (Å²) >= 11 is 4.78. The highest BCUT2D eigenvalue weighted by Gasteiger charge is 2.19. The molecule has 5 nitrogen and oxygen atoms in total. The van der Waals surface area contributed by atoms with Crippen LogP contribution < -0.4 is 5.73 Å². The topological polar surface area (TPSA) is 64.8 Å². The molecule has 0 aliphatic heterocycles. The molecule has 2 N–H and O–H groups in total. The van der Waals surface area contributed by atoms with Crippen LogP contribution in [0.2, 0.25) is 0 Å². The predicted molar refractivity (Wildman–Crippen MR) is 66.3 cm³/mol. The average Bonchev–Trinajstić information content (AvgIpc) is 2.27. The number of methoxy groups -OCH3 is 2. The van der Waals surface area contributed by atoms with Crippen LogP contribution in [0.1, 0.15) is 13.3 Å². The van der Waals surface area contributed by atoms with Gasteiger partial charge in [-0.3, -0.25) is 4.79 Å². The third-order valence-electron chi connectivity index (χ3n) is 2.21. The first-order valence-electron chi connectivity index (χ1n) is 5.11. The van der Waals surface area contributed by atoms with Gasteiger partial charge in [0.2, 0.25) is 0 Å². The van der Waals surface area contributed by atoms with Crippen molar-refractivity contribution in [3.8, 4) is 0 Å². The Kier molecular flexibility index (Phi) is 8.05. The Balaban J connectivity index is 4.28. The lowest BCUT2D eigenvalue weighted by Crippen LogP contribution is -2.42. The van der Waals surface area contributed by atoms with Gasteiger partial charge < -0.3 is 20.1 Å². The first kappa shape index (κ1) is 15.3. The minimum atomic E-state index is -0.455. The summed E-state index contributed by atoms with van der Waals surface area (Å²) < 4.78 is 9.93. The highest BCUT2D eigenvalue weighted by Crippen LogP contribution is 2.00. The molecular formula is C10H20N2O3S. The summed E-state index contributed by atoms with van der Waals surface area (Å²) in [4.78, 5) is 13.9. The molecule has 0 spiro atoms. The molecule has 0 aromatic heterocycles. The summed E-state index contributed by atoms with van der Waals surface area (Å²) in [5.41, 5.74) is 5.41. The smallest absolute Gasteiger partial charge is 0.251 e. The van der Waals surface area contributed by atoms with Gasteiger partial charge in [0.25, 0.3) is 5.91 Å². The molecule has 0 bridgehead atoms. The Hall–Kier alpha value is -0.720. The number of thiocarbonyl (C=S) groups is 1. The van der Waals surface area contributed by atoms with Crippen LogP contribution in [-0.4, -0.2) is 55.8 Å². The van der Waals surface area contributed by atoms with Gasteiger partial charge in [-0.05, 0) is 6.92 Å². The van der Waals surface area contributed by atoms with Crippen molar-refractivity contribution in [1.82, 2.24) is 4.90 Å². The molecule has 1 atom stereocenters. The van der Waals surface area contributed by atoms with Crippen LogP contribution in [0, 0.1) is 0 Å². The fourth-order valence-corrected chi connectivity index (χ4v) is 1.23. The molecule has 16 heavy (non-hydrogen) atoms. The predicted octanol–water partition coefficient (Wildman–Crippen LogP) is 0.173. The first-order valence-corrected chi connectivity index (χ1v) is 5.52. The number of ether oxygens (including phenoxy) is 2. The lowest BCUT2D eigenvalue weighted by Gasteiger charge is -2.24. The molecule has 0 aliphatic rings. The summed E-state index contributed by atoms with van der Waals surface area (Å²) in [5, 5.41) is 0. The SMILES string of the molecule is COCCN(CCC(N)=S)C(=O)C(C)OC. The van der Waals surface area contributed by atoms with Crippen molar-refractivity contribution in [2.24, 2.45) is 5.73 Å². The van der Waals surface area contributed by atoms with Crippen LogP contribution in [0.25, 0.3) is 0 Å². The summed E-state index contributed by atoms with van der Waals surface area (Å²) in [6.45, 7) is 3.22. The Morgan fingerprint density at radius 3 is 2.50 bits per heavy atom. The van der Waals surface area contributed by atoms with Crippen molar-refractivity contribution < 1.29 is 14.3 Å². The molecule has 0 aromatic carbocycles. The van der Waals surface area contributed by atoms with Crippen molar-refractivity contribution in [3.63, 3.8) is 0 Å². The molecule has 0 radical (unpaired) electrons. The van der Waals surface area contributed by atoms with Gasteiger partial charge in [-0.2, -0.15) is 0 Å². The maximum absolute atomic E-state index is 11.9. The first-order chi connectivity index (χ1) is 7.52. The van der Waals surface area contributed by atoms with Crippen molar-refractivity contribution in [2.75, 3.05) is 33.9 Å². The van der Waals surface area contributed by atoms with E-state index < -0.39 is 6.10 Å². The zero-order valence-corrected chi connectivity index (χ0v) is 10.9. The Morgan fingerprint density at radius 2 is 2.06 bits per heavy atom. The summed E-state index contributed by atoms with van der Waals surface area (Å²) in [5.74, 6) is -0.0733. The van der Waals surface area contributed by atoms with Gasteiger partial charge in [0, 0.05) is 33.7 Å². The molecule has 0 fully saturated rings. The van der Waals surface area contributed by atoms with E-state index >= 15 is 0 Å². The number of amides is 1. The van der Waals surface area contributed by atoms with Crippen molar-refractivity contribution >= 4 is 23.1 Å². The lowest BCUT2D eigenvalue weighted by atomic mass is 10.3. The van der Waals surface area contributed by atoms with Crippen LogP contribution in [0.15, 0.2) is 0 Å². The minimum Gasteiger partial charge on any atom is -0.393 e. The molecule has 0 saturated carbocycles. The molecule has 0 heterocycles. The molecule has 0 aliphatic carbocycles. The van der Waals surface area contributed by atoms with E-state index in [1.54, 1.807) is 18.9 Å². The lowest BCUT2D eigenvalue weighted by molar-refractivity contribution is -0.141. The van der Waals surface area contributed by atoms with Gasteiger partial charge in [0.05, 0.1) is 11.6 Å². The van der Waals surface area contributed by atoms with Crippen LogP contribution >= 0.6 is 12.2 Å². The maximum atomic E-state index is 11.9. The minimum absolute atomic E-state index is 0.0733. The van der Waals surface area contributed by atoms with Crippen LogP contribution in [0.5, 0.6) is 0 Å². The molecule has 0 saturated heterocycles. The number of nitrogens with zero attached hydrogens (tertiary/aromatic N) is 1. The number of hydrogen-bond donors (Lipinski definition) is 1. The zero-order chi connectivity index (χ0) is 12.6. The second kappa shape index (κ2) is 8.43. The average molecular weight is 248 g/mol. The summed E-state index contributed by atoms with van der Waals surface area (Å²) in [7, 11) is 3.10. The van der Waals surface area contributed by atoms with Crippen LogP contribution in [-0.2, 0) is 14.3 Å². The van der Waals surface area contributed by atoms with E-state index in [1.807, 2.05) is 0 Å².